The van der Waals surface area contributed by atoms with Gasteiger partial charge in [0.1, 0.15) is 12.6 Å². The van der Waals surface area contributed by atoms with Crippen LogP contribution in [0.15, 0.2) is 30.3 Å². The van der Waals surface area contributed by atoms with Crippen LogP contribution in [0.2, 0.25) is 0 Å². The van der Waals surface area contributed by atoms with Gasteiger partial charge in [-0.2, -0.15) is 0 Å². The fourth-order valence-corrected chi connectivity index (χ4v) is 2.21. The first-order valence-corrected chi connectivity index (χ1v) is 6.93. The predicted molar refractivity (Wildman–Crippen MR) is 75.0 cm³/mol. The van der Waals surface area contributed by atoms with E-state index in [-0.39, 0.29) is 12.5 Å². The lowest BCUT2D eigenvalue weighted by atomic mass is 10.2. The Balaban J connectivity index is 1.74. The molecular formula is C15H20N2O3. The largest absolute Gasteiger partial charge is 0.445 e. The molecule has 1 aromatic carbocycles. The van der Waals surface area contributed by atoms with E-state index in [1.54, 1.807) is 11.8 Å². The first-order chi connectivity index (χ1) is 9.66. The van der Waals surface area contributed by atoms with Gasteiger partial charge >= 0.3 is 6.09 Å². The number of nitrogens with zero attached hydrogens (tertiary/aromatic N) is 1. The highest BCUT2D eigenvalue weighted by Gasteiger charge is 2.24. The van der Waals surface area contributed by atoms with Crippen molar-refractivity contribution in [1.82, 2.24) is 10.2 Å². The smallest absolute Gasteiger partial charge is 0.408 e. The van der Waals surface area contributed by atoms with Crippen molar-refractivity contribution in [3.05, 3.63) is 35.9 Å². The lowest BCUT2D eigenvalue weighted by Gasteiger charge is -2.20. The molecule has 0 radical (unpaired) electrons. The molecule has 1 aliphatic rings. The van der Waals surface area contributed by atoms with Crippen LogP contribution >= 0.6 is 0 Å². The maximum absolute atomic E-state index is 12.0. The number of alkyl carbamates (subject to hydrolysis) is 1. The molecule has 1 N–H and O–H groups in total. The number of carbonyl (C=O) groups is 2. The molecule has 0 aromatic heterocycles. The van der Waals surface area contributed by atoms with Crippen molar-refractivity contribution < 1.29 is 14.3 Å². The van der Waals surface area contributed by atoms with Crippen LogP contribution in [-0.2, 0) is 16.1 Å². The standard InChI is InChI=1S/C15H20N2O3/c1-12(14(18)17-9-5-6-10-17)16-15(19)20-11-13-7-3-2-4-8-13/h2-4,7-8,12H,5-6,9-11H2,1H3,(H,16,19)/t12-/m0/s1. The fourth-order valence-electron chi connectivity index (χ4n) is 2.21. The van der Waals surface area contributed by atoms with Gasteiger partial charge in [-0.05, 0) is 25.3 Å². The van der Waals surface area contributed by atoms with Gasteiger partial charge in [0.25, 0.3) is 0 Å². The second-order valence-corrected chi connectivity index (χ2v) is 4.96. The zero-order chi connectivity index (χ0) is 14.4. The molecular weight excluding hydrogens is 256 g/mol. The van der Waals surface area contributed by atoms with E-state index in [2.05, 4.69) is 5.32 Å². The van der Waals surface area contributed by atoms with Crippen LogP contribution in [0, 0.1) is 0 Å². The molecule has 1 atom stereocenters. The highest BCUT2D eigenvalue weighted by atomic mass is 16.5. The van der Waals surface area contributed by atoms with Gasteiger partial charge in [-0.1, -0.05) is 30.3 Å². The minimum absolute atomic E-state index is 0.0424. The Morgan fingerprint density at radius 3 is 2.55 bits per heavy atom. The summed E-state index contributed by atoms with van der Waals surface area (Å²) in [5.41, 5.74) is 0.918. The molecule has 0 saturated carbocycles. The number of ether oxygens (including phenoxy) is 1. The summed E-state index contributed by atoms with van der Waals surface area (Å²) in [5.74, 6) is -0.0424. The molecule has 1 aromatic rings. The molecule has 2 amide bonds. The van der Waals surface area contributed by atoms with Gasteiger partial charge in [-0.15, -0.1) is 0 Å². The number of nitrogens with one attached hydrogen (secondary N) is 1. The van der Waals surface area contributed by atoms with Crippen LogP contribution in [-0.4, -0.2) is 36.0 Å². The van der Waals surface area contributed by atoms with Gasteiger partial charge in [0.05, 0.1) is 0 Å². The van der Waals surface area contributed by atoms with Crippen molar-refractivity contribution >= 4 is 12.0 Å². The Morgan fingerprint density at radius 2 is 1.90 bits per heavy atom. The van der Waals surface area contributed by atoms with Gasteiger partial charge < -0.3 is 15.0 Å². The van der Waals surface area contributed by atoms with Crippen molar-refractivity contribution in [3.8, 4) is 0 Å². The summed E-state index contributed by atoms with van der Waals surface area (Å²) in [7, 11) is 0. The zero-order valence-electron chi connectivity index (χ0n) is 11.7. The van der Waals surface area contributed by atoms with Gasteiger partial charge in [0.15, 0.2) is 0 Å². The Kier molecular flexibility index (Phi) is 4.98. The Bertz CT molecular complexity index is 455. The van der Waals surface area contributed by atoms with Gasteiger partial charge in [0.2, 0.25) is 5.91 Å². The summed E-state index contributed by atoms with van der Waals surface area (Å²) in [6, 6.07) is 8.89. The molecule has 1 heterocycles. The average molecular weight is 276 g/mol. The molecule has 1 fully saturated rings. The lowest BCUT2D eigenvalue weighted by Crippen LogP contribution is -2.46. The van der Waals surface area contributed by atoms with E-state index in [0.29, 0.717) is 0 Å². The number of likely N-dealkylation sites (tertiary alicyclic amines) is 1. The number of carbonyl (C=O) groups excluding carboxylic acids is 2. The average Bonchev–Trinajstić information content (AvgIpc) is 2.99. The Hall–Kier alpha value is -2.04. The topological polar surface area (TPSA) is 58.6 Å². The van der Waals surface area contributed by atoms with Crippen molar-refractivity contribution in [2.45, 2.75) is 32.4 Å². The van der Waals surface area contributed by atoms with Crippen molar-refractivity contribution in [2.75, 3.05) is 13.1 Å². The molecule has 2 rings (SSSR count). The second kappa shape index (κ2) is 6.93. The first kappa shape index (κ1) is 14.4. The number of hydrogen-bond donors (Lipinski definition) is 1. The van der Waals surface area contributed by atoms with Crippen LogP contribution in [0.1, 0.15) is 25.3 Å². The second-order valence-electron chi connectivity index (χ2n) is 4.96. The molecule has 0 bridgehead atoms. The number of hydrogen-bond acceptors (Lipinski definition) is 3. The minimum Gasteiger partial charge on any atom is -0.445 e. The highest BCUT2D eigenvalue weighted by Crippen LogP contribution is 2.09. The van der Waals surface area contributed by atoms with E-state index in [9.17, 15) is 9.59 Å². The third-order valence-electron chi connectivity index (χ3n) is 3.34. The van der Waals surface area contributed by atoms with E-state index >= 15 is 0 Å². The Labute approximate surface area is 118 Å². The summed E-state index contributed by atoms with van der Waals surface area (Å²) in [4.78, 5) is 25.4. The van der Waals surface area contributed by atoms with Crippen LogP contribution in [0.5, 0.6) is 0 Å². The van der Waals surface area contributed by atoms with E-state index in [1.807, 2.05) is 30.3 Å². The summed E-state index contributed by atoms with van der Waals surface area (Å²) in [5, 5.41) is 2.57. The predicted octanol–water partition coefficient (Wildman–Crippen LogP) is 1.92. The molecule has 0 unspecified atom stereocenters. The van der Waals surface area contributed by atoms with E-state index in [1.165, 1.54) is 0 Å². The highest BCUT2D eigenvalue weighted by molar-refractivity contribution is 5.85. The molecule has 1 aliphatic heterocycles. The number of benzene rings is 1. The van der Waals surface area contributed by atoms with Crippen LogP contribution < -0.4 is 5.32 Å². The van der Waals surface area contributed by atoms with Crippen LogP contribution in [0.25, 0.3) is 0 Å². The third kappa shape index (κ3) is 3.98. The Morgan fingerprint density at radius 1 is 1.25 bits per heavy atom. The molecule has 5 heteroatoms. The van der Waals surface area contributed by atoms with E-state index < -0.39 is 12.1 Å². The summed E-state index contributed by atoms with van der Waals surface area (Å²) < 4.78 is 5.09. The molecule has 108 valence electrons. The van der Waals surface area contributed by atoms with E-state index in [4.69, 9.17) is 4.74 Å². The van der Waals surface area contributed by atoms with E-state index in [0.717, 1.165) is 31.5 Å². The first-order valence-electron chi connectivity index (χ1n) is 6.93. The third-order valence-corrected chi connectivity index (χ3v) is 3.34. The van der Waals surface area contributed by atoms with Crippen LogP contribution in [0.4, 0.5) is 4.79 Å². The number of amides is 2. The summed E-state index contributed by atoms with van der Waals surface area (Å²) in [6.45, 7) is 3.45. The SMILES string of the molecule is C[C@H](NC(=O)OCc1ccccc1)C(=O)N1CCCC1. The lowest BCUT2D eigenvalue weighted by molar-refractivity contribution is -0.131. The normalized spacial score (nSPS) is 15.8. The molecule has 0 spiro atoms. The molecule has 20 heavy (non-hydrogen) atoms. The molecule has 5 nitrogen and oxygen atoms in total. The number of rotatable bonds is 4. The summed E-state index contributed by atoms with van der Waals surface area (Å²) in [6.07, 6.45) is 1.52. The van der Waals surface area contributed by atoms with Gasteiger partial charge in [0, 0.05) is 13.1 Å². The quantitative estimate of drug-likeness (QED) is 0.914. The molecule has 0 aliphatic carbocycles. The molecule has 1 saturated heterocycles. The maximum atomic E-state index is 12.0. The van der Waals surface area contributed by atoms with Crippen molar-refractivity contribution in [1.29, 1.82) is 0 Å². The fraction of sp³-hybridized carbons (Fsp3) is 0.467. The van der Waals surface area contributed by atoms with Crippen molar-refractivity contribution in [3.63, 3.8) is 0 Å². The zero-order valence-corrected chi connectivity index (χ0v) is 11.7. The van der Waals surface area contributed by atoms with Crippen molar-refractivity contribution in [2.24, 2.45) is 0 Å². The monoisotopic (exact) mass is 276 g/mol. The van der Waals surface area contributed by atoms with Gasteiger partial charge in [-0.25, -0.2) is 4.79 Å². The maximum Gasteiger partial charge on any atom is 0.408 e. The van der Waals surface area contributed by atoms with Crippen LogP contribution in [0.3, 0.4) is 0 Å². The van der Waals surface area contributed by atoms with Gasteiger partial charge in [-0.3, -0.25) is 4.79 Å². The minimum atomic E-state index is -0.561. The summed E-state index contributed by atoms with van der Waals surface area (Å²) >= 11 is 0.